The molecular weight excluding hydrogens is 438 g/mol. The molecule has 0 aromatic heterocycles. The van der Waals surface area contributed by atoms with E-state index in [-0.39, 0.29) is 21.5 Å². The molecule has 1 aliphatic rings. The normalized spacial score (nSPS) is 17.9. The number of halogens is 3. The molecule has 2 aromatic carbocycles. The van der Waals surface area contributed by atoms with Gasteiger partial charge in [0, 0.05) is 18.3 Å². The van der Waals surface area contributed by atoms with Crippen LogP contribution in [0.3, 0.4) is 0 Å². The molecule has 9 heteroatoms. The first-order valence-electron chi connectivity index (χ1n) is 9.32. The maximum atomic E-state index is 14.3. The molecule has 1 aliphatic heterocycles. The second kappa shape index (κ2) is 9.00. The fourth-order valence-corrected chi connectivity index (χ4v) is 5.54. The van der Waals surface area contributed by atoms with Gasteiger partial charge < -0.3 is 5.32 Å². The van der Waals surface area contributed by atoms with Crippen LogP contribution in [0.5, 0.6) is 0 Å². The second-order valence-corrected chi connectivity index (χ2v) is 9.60. The van der Waals surface area contributed by atoms with Crippen LogP contribution in [0.2, 0.25) is 10.0 Å². The van der Waals surface area contributed by atoms with Gasteiger partial charge in [-0.2, -0.15) is 4.31 Å². The van der Waals surface area contributed by atoms with Crippen molar-refractivity contribution in [3.63, 3.8) is 0 Å². The molecular formula is C20H21Cl2FN2O3S. The van der Waals surface area contributed by atoms with Gasteiger partial charge in [-0.15, -0.1) is 0 Å². The molecule has 1 heterocycles. The Morgan fingerprint density at radius 2 is 1.93 bits per heavy atom. The minimum Gasteiger partial charge on any atom is -0.322 e. The molecule has 29 heavy (non-hydrogen) atoms. The van der Waals surface area contributed by atoms with Gasteiger partial charge in [0.15, 0.2) is 0 Å². The number of nitrogens with zero attached hydrogens (tertiary/aromatic N) is 1. The summed E-state index contributed by atoms with van der Waals surface area (Å²) >= 11 is 11.8. The van der Waals surface area contributed by atoms with E-state index in [0.29, 0.717) is 23.7 Å². The van der Waals surface area contributed by atoms with Crippen LogP contribution >= 0.6 is 23.2 Å². The van der Waals surface area contributed by atoms with Crippen molar-refractivity contribution in [1.82, 2.24) is 4.31 Å². The van der Waals surface area contributed by atoms with Crippen molar-refractivity contribution in [1.29, 1.82) is 0 Å². The molecule has 1 unspecified atom stereocenters. The highest BCUT2D eigenvalue weighted by molar-refractivity contribution is 7.89. The quantitative estimate of drug-likeness (QED) is 0.657. The topological polar surface area (TPSA) is 66.5 Å². The number of hydrogen-bond donors (Lipinski definition) is 1. The first-order valence-corrected chi connectivity index (χ1v) is 11.5. The van der Waals surface area contributed by atoms with Crippen molar-refractivity contribution in [2.45, 2.75) is 43.5 Å². The Hall–Kier alpha value is -1.67. The third-order valence-electron chi connectivity index (χ3n) is 5.01. The lowest BCUT2D eigenvalue weighted by Gasteiger charge is -2.34. The highest BCUT2D eigenvalue weighted by atomic mass is 35.5. The maximum Gasteiger partial charge on any atom is 0.258 e. The summed E-state index contributed by atoms with van der Waals surface area (Å²) in [5.41, 5.74) is -0.0404. The molecule has 1 amide bonds. The Balaban J connectivity index is 1.90. The lowest BCUT2D eigenvalue weighted by Crippen LogP contribution is -2.43. The number of piperidine rings is 1. The van der Waals surface area contributed by atoms with Gasteiger partial charge in [0.1, 0.15) is 5.82 Å². The predicted octanol–water partition coefficient (Wildman–Crippen LogP) is 5.34. The van der Waals surface area contributed by atoms with Crippen LogP contribution in [0, 0.1) is 5.82 Å². The molecule has 2 aromatic rings. The van der Waals surface area contributed by atoms with Gasteiger partial charge in [-0.1, -0.05) is 36.5 Å². The van der Waals surface area contributed by atoms with Crippen LogP contribution < -0.4 is 5.32 Å². The molecule has 0 bridgehead atoms. The van der Waals surface area contributed by atoms with Crippen molar-refractivity contribution in [2.24, 2.45) is 0 Å². The zero-order valence-electron chi connectivity index (χ0n) is 15.8. The van der Waals surface area contributed by atoms with E-state index in [4.69, 9.17) is 23.2 Å². The number of carbonyl (C=O) groups excluding carboxylic acids is 1. The Kier molecular flexibility index (Phi) is 6.83. The van der Waals surface area contributed by atoms with Crippen LogP contribution in [-0.4, -0.2) is 31.2 Å². The summed E-state index contributed by atoms with van der Waals surface area (Å²) < 4.78 is 42.0. The molecule has 0 radical (unpaired) electrons. The average Bonchev–Trinajstić information content (AvgIpc) is 2.70. The van der Waals surface area contributed by atoms with Crippen LogP contribution in [0.25, 0.3) is 0 Å². The third-order valence-corrected chi connectivity index (χ3v) is 7.70. The zero-order valence-corrected chi connectivity index (χ0v) is 18.1. The standard InChI is InChI=1S/C20H21Cl2FN2O3S/c1-2-14-5-3-4-10-25(14)29(27,28)15-7-9-19(23)16(12-15)20(26)24-13-6-8-17(21)18(22)11-13/h6-9,11-12,14H,2-5,10H2,1H3,(H,24,26). The number of anilines is 1. The van der Waals surface area contributed by atoms with Gasteiger partial charge in [-0.05, 0) is 55.7 Å². The molecule has 1 fully saturated rings. The second-order valence-electron chi connectivity index (χ2n) is 6.90. The van der Waals surface area contributed by atoms with Crippen LogP contribution in [-0.2, 0) is 10.0 Å². The summed E-state index contributed by atoms with van der Waals surface area (Å²) in [4.78, 5) is 12.5. The van der Waals surface area contributed by atoms with Crippen molar-refractivity contribution < 1.29 is 17.6 Å². The van der Waals surface area contributed by atoms with Crippen LogP contribution in [0.1, 0.15) is 43.0 Å². The Morgan fingerprint density at radius 1 is 1.17 bits per heavy atom. The van der Waals surface area contributed by atoms with Crippen LogP contribution in [0.4, 0.5) is 10.1 Å². The largest absolute Gasteiger partial charge is 0.322 e. The number of nitrogens with one attached hydrogen (secondary N) is 1. The van der Waals surface area contributed by atoms with E-state index in [1.165, 1.54) is 28.6 Å². The van der Waals surface area contributed by atoms with E-state index in [9.17, 15) is 17.6 Å². The zero-order chi connectivity index (χ0) is 21.2. The lowest BCUT2D eigenvalue weighted by molar-refractivity contribution is 0.102. The van der Waals surface area contributed by atoms with Gasteiger partial charge >= 0.3 is 0 Å². The number of benzene rings is 2. The molecule has 0 aliphatic carbocycles. The first kappa shape index (κ1) is 22.0. The molecule has 1 saturated heterocycles. The lowest BCUT2D eigenvalue weighted by atomic mass is 10.0. The Morgan fingerprint density at radius 3 is 2.62 bits per heavy atom. The molecule has 0 saturated carbocycles. The molecule has 156 valence electrons. The summed E-state index contributed by atoms with van der Waals surface area (Å²) in [5.74, 6) is -1.59. The molecule has 0 spiro atoms. The highest BCUT2D eigenvalue weighted by Crippen LogP contribution is 2.29. The number of amides is 1. The van der Waals surface area contributed by atoms with E-state index in [0.717, 1.165) is 31.4 Å². The third kappa shape index (κ3) is 4.74. The van der Waals surface area contributed by atoms with Crippen molar-refractivity contribution in [3.05, 3.63) is 57.8 Å². The minimum absolute atomic E-state index is 0.0905. The molecule has 3 rings (SSSR count). The molecule has 1 N–H and O–H groups in total. The van der Waals surface area contributed by atoms with E-state index < -0.39 is 21.7 Å². The van der Waals surface area contributed by atoms with Gasteiger partial charge in [0.25, 0.3) is 5.91 Å². The van der Waals surface area contributed by atoms with E-state index in [2.05, 4.69) is 5.32 Å². The first-order chi connectivity index (χ1) is 13.7. The number of carbonyl (C=O) groups is 1. The fourth-order valence-electron chi connectivity index (χ4n) is 3.44. The molecule has 1 atom stereocenters. The monoisotopic (exact) mass is 458 g/mol. The highest BCUT2D eigenvalue weighted by Gasteiger charge is 2.33. The fraction of sp³-hybridized carbons (Fsp3) is 0.350. The van der Waals surface area contributed by atoms with Gasteiger partial charge in [0.05, 0.1) is 20.5 Å². The smallest absolute Gasteiger partial charge is 0.258 e. The van der Waals surface area contributed by atoms with Gasteiger partial charge in [-0.3, -0.25) is 4.79 Å². The van der Waals surface area contributed by atoms with E-state index in [1.54, 1.807) is 0 Å². The number of sulfonamides is 1. The Labute approximate surface area is 179 Å². The SMILES string of the molecule is CCC1CCCCN1S(=O)(=O)c1ccc(F)c(C(=O)Nc2ccc(Cl)c(Cl)c2)c1. The van der Waals surface area contributed by atoms with Gasteiger partial charge in [0.2, 0.25) is 10.0 Å². The van der Waals surface area contributed by atoms with Gasteiger partial charge in [-0.25, -0.2) is 12.8 Å². The maximum absolute atomic E-state index is 14.3. The predicted molar refractivity (Wildman–Crippen MR) is 113 cm³/mol. The van der Waals surface area contributed by atoms with E-state index in [1.807, 2.05) is 6.92 Å². The van der Waals surface area contributed by atoms with Crippen molar-refractivity contribution in [3.8, 4) is 0 Å². The van der Waals surface area contributed by atoms with E-state index >= 15 is 0 Å². The number of hydrogen-bond acceptors (Lipinski definition) is 3. The average molecular weight is 459 g/mol. The summed E-state index contributed by atoms with van der Waals surface area (Å²) in [6, 6.07) is 7.64. The summed E-state index contributed by atoms with van der Waals surface area (Å²) in [5, 5.41) is 3.06. The van der Waals surface area contributed by atoms with Crippen LogP contribution in [0.15, 0.2) is 41.3 Å². The minimum atomic E-state index is -3.83. The van der Waals surface area contributed by atoms with Crippen molar-refractivity contribution >= 4 is 44.8 Å². The Bertz CT molecular complexity index is 1030. The van der Waals surface area contributed by atoms with Crippen molar-refractivity contribution in [2.75, 3.05) is 11.9 Å². The summed E-state index contributed by atoms with van der Waals surface area (Å²) in [7, 11) is -3.83. The molecule has 5 nitrogen and oxygen atoms in total. The summed E-state index contributed by atoms with van der Waals surface area (Å²) in [6.07, 6.45) is 3.25. The summed E-state index contributed by atoms with van der Waals surface area (Å²) in [6.45, 7) is 2.36. The number of rotatable bonds is 5.